The molecule has 0 unspecified atom stereocenters. The number of nitrogens with zero attached hydrogens (tertiary/aromatic N) is 2. The number of hydrogen-bond donors (Lipinski definition) is 0. The molecule has 2 aromatic rings. The minimum Gasteiger partial charge on any atom is -0.337 e. The summed E-state index contributed by atoms with van der Waals surface area (Å²) in [6.07, 6.45) is 2.73. The Morgan fingerprint density at radius 2 is 1.63 bits per heavy atom. The molecule has 0 N–H and O–H groups in total. The number of carbonyl (C=O) groups excluding carboxylic acids is 1. The minimum atomic E-state index is -3.62. The maximum atomic E-state index is 13.6. The largest absolute Gasteiger partial charge is 0.337 e. The number of halogens is 2. The SMILES string of the molecule is O=C(/C=C/c1ccccc1F)N1CCN(S(=O)(=O)c2ccc(Cl)cc2)CC1. The first-order chi connectivity index (χ1) is 12.9. The zero-order valence-corrected chi connectivity index (χ0v) is 16.0. The molecule has 2 aromatic carbocycles. The number of rotatable bonds is 4. The predicted molar refractivity (Wildman–Crippen MR) is 102 cm³/mol. The van der Waals surface area contributed by atoms with E-state index in [0.29, 0.717) is 10.6 Å². The Morgan fingerprint density at radius 1 is 1.00 bits per heavy atom. The second kappa shape index (κ2) is 8.21. The maximum Gasteiger partial charge on any atom is 0.246 e. The number of sulfonamides is 1. The van der Waals surface area contributed by atoms with Gasteiger partial charge in [0.2, 0.25) is 15.9 Å². The third kappa shape index (κ3) is 4.55. The molecule has 27 heavy (non-hydrogen) atoms. The highest BCUT2D eigenvalue weighted by Gasteiger charge is 2.29. The van der Waals surface area contributed by atoms with Gasteiger partial charge < -0.3 is 4.90 Å². The lowest BCUT2D eigenvalue weighted by atomic mass is 10.2. The van der Waals surface area contributed by atoms with Crippen LogP contribution in [-0.4, -0.2) is 49.7 Å². The van der Waals surface area contributed by atoms with Crippen LogP contribution in [-0.2, 0) is 14.8 Å². The van der Waals surface area contributed by atoms with E-state index in [9.17, 15) is 17.6 Å². The zero-order valence-electron chi connectivity index (χ0n) is 14.4. The molecular formula is C19H18ClFN2O3S. The number of benzene rings is 2. The number of hydrogen-bond acceptors (Lipinski definition) is 3. The van der Waals surface area contributed by atoms with Crippen molar-refractivity contribution in [3.05, 3.63) is 71.0 Å². The third-order valence-corrected chi connectivity index (χ3v) is 6.48. The zero-order chi connectivity index (χ0) is 19.4. The maximum absolute atomic E-state index is 13.6. The van der Waals surface area contributed by atoms with Gasteiger partial charge in [-0.15, -0.1) is 0 Å². The van der Waals surface area contributed by atoms with Crippen LogP contribution in [0.15, 0.2) is 59.5 Å². The Balaban J connectivity index is 1.62. The summed E-state index contributed by atoms with van der Waals surface area (Å²) in [5, 5.41) is 0.464. The molecule has 1 fully saturated rings. The second-order valence-electron chi connectivity index (χ2n) is 6.04. The van der Waals surface area contributed by atoms with Crippen molar-refractivity contribution < 1.29 is 17.6 Å². The fourth-order valence-electron chi connectivity index (χ4n) is 2.78. The van der Waals surface area contributed by atoms with Gasteiger partial charge in [0.25, 0.3) is 0 Å². The number of piperazine rings is 1. The highest BCUT2D eigenvalue weighted by atomic mass is 35.5. The van der Waals surface area contributed by atoms with Crippen molar-refractivity contribution in [2.24, 2.45) is 0 Å². The fourth-order valence-corrected chi connectivity index (χ4v) is 4.33. The van der Waals surface area contributed by atoms with E-state index in [-0.39, 0.29) is 37.0 Å². The molecular weight excluding hydrogens is 391 g/mol. The van der Waals surface area contributed by atoms with Crippen LogP contribution in [0.25, 0.3) is 6.08 Å². The lowest BCUT2D eigenvalue weighted by Crippen LogP contribution is -2.50. The topological polar surface area (TPSA) is 57.7 Å². The fraction of sp³-hybridized carbons (Fsp3) is 0.211. The van der Waals surface area contributed by atoms with Crippen molar-refractivity contribution in [3.63, 3.8) is 0 Å². The Kier molecular flexibility index (Phi) is 5.94. The first-order valence-corrected chi connectivity index (χ1v) is 10.2. The van der Waals surface area contributed by atoms with E-state index in [4.69, 9.17) is 11.6 Å². The van der Waals surface area contributed by atoms with Crippen LogP contribution in [0.4, 0.5) is 4.39 Å². The van der Waals surface area contributed by atoms with Crippen LogP contribution in [0, 0.1) is 5.82 Å². The molecule has 0 aliphatic carbocycles. The van der Waals surface area contributed by atoms with Gasteiger partial charge in [0.05, 0.1) is 4.90 Å². The Morgan fingerprint density at radius 3 is 2.26 bits per heavy atom. The normalized spacial score (nSPS) is 16.0. The summed E-state index contributed by atoms with van der Waals surface area (Å²) in [5.74, 6) is -0.678. The molecule has 0 spiro atoms. The highest BCUT2D eigenvalue weighted by molar-refractivity contribution is 7.89. The van der Waals surface area contributed by atoms with E-state index in [1.807, 2.05) is 0 Å². The van der Waals surface area contributed by atoms with Crippen molar-refractivity contribution >= 4 is 33.6 Å². The Hall–Kier alpha value is -2.22. The van der Waals surface area contributed by atoms with Crippen LogP contribution in [0.3, 0.4) is 0 Å². The summed E-state index contributed by atoms with van der Waals surface area (Å²) in [7, 11) is -3.62. The average molecular weight is 409 g/mol. The van der Waals surface area contributed by atoms with Gasteiger partial charge in [-0.1, -0.05) is 29.8 Å². The summed E-state index contributed by atoms with van der Waals surface area (Å²) >= 11 is 5.80. The third-order valence-electron chi connectivity index (χ3n) is 4.31. The van der Waals surface area contributed by atoms with Crippen molar-refractivity contribution in [2.75, 3.05) is 26.2 Å². The van der Waals surface area contributed by atoms with Gasteiger partial charge in [0, 0.05) is 42.8 Å². The molecule has 0 bridgehead atoms. The molecule has 0 saturated carbocycles. The summed E-state index contributed by atoms with van der Waals surface area (Å²) in [6.45, 7) is 0.939. The Bertz CT molecular complexity index is 953. The monoisotopic (exact) mass is 408 g/mol. The quantitative estimate of drug-likeness (QED) is 0.731. The standard InChI is InChI=1S/C19H18ClFN2O3S/c20-16-6-8-17(9-7-16)27(25,26)23-13-11-22(12-14-23)19(24)10-5-15-3-1-2-4-18(15)21/h1-10H,11-14H2/b10-5+. The van der Waals surface area contributed by atoms with Crippen molar-refractivity contribution in [1.29, 1.82) is 0 Å². The van der Waals surface area contributed by atoms with Gasteiger partial charge in [0.1, 0.15) is 5.82 Å². The first-order valence-electron chi connectivity index (χ1n) is 8.35. The molecule has 1 aliphatic rings. The van der Waals surface area contributed by atoms with Gasteiger partial charge in [-0.2, -0.15) is 4.31 Å². The molecule has 5 nitrogen and oxygen atoms in total. The van der Waals surface area contributed by atoms with E-state index in [2.05, 4.69) is 0 Å². The minimum absolute atomic E-state index is 0.172. The molecule has 8 heteroatoms. The lowest BCUT2D eigenvalue weighted by Gasteiger charge is -2.33. The molecule has 0 radical (unpaired) electrons. The van der Waals surface area contributed by atoms with E-state index in [0.717, 1.165) is 0 Å². The molecule has 0 atom stereocenters. The molecule has 1 heterocycles. The van der Waals surface area contributed by atoms with Crippen LogP contribution < -0.4 is 0 Å². The van der Waals surface area contributed by atoms with Gasteiger partial charge in [-0.3, -0.25) is 4.79 Å². The van der Waals surface area contributed by atoms with Gasteiger partial charge in [-0.25, -0.2) is 12.8 Å². The first kappa shape index (κ1) is 19.5. The number of carbonyl (C=O) groups is 1. The molecule has 142 valence electrons. The predicted octanol–water partition coefficient (Wildman–Crippen LogP) is 3.03. The van der Waals surface area contributed by atoms with Crippen molar-refractivity contribution in [3.8, 4) is 0 Å². The van der Waals surface area contributed by atoms with Gasteiger partial charge >= 0.3 is 0 Å². The van der Waals surface area contributed by atoms with E-state index < -0.39 is 15.8 Å². The summed E-state index contributed by atoms with van der Waals surface area (Å²) in [4.78, 5) is 14.0. The summed E-state index contributed by atoms with van der Waals surface area (Å²) in [6, 6.07) is 12.2. The molecule has 1 saturated heterocycles. The Labute approximate surface area is 162 Å². The molecule has 1 amide bonds. The average Bonchev–Trinajstić information content (AvgIpc) is 2.67. The van der Waals surface area contributed by atoms with Crippen LogP contribution in [0.1, 0.15) is 5.56 Å². The van der Waals surface area contributed by atoms with Gasteiger partial charge in [-0.05, 0) is 36.4 Å². The summed E-state index contributed by atoms with van der Waals surface area (Å²) in [5.41, 5.74) is 0.329. The van der Waals surface area contributed by atoms with Crippen LogP contribution in [0.5, 0.6) is 0 Å². The lowest BCUT2D eigenvalue weighted by molar-refractivity contribution is -0.127. The van der Waals surface area contributed by atoms with E-state index in [1.165, 1.54) is 46.8 Å². The second-order valence-corrected chi connectivity index (χ2v) is 8.41. The van der Waals surface area contributed by atoms with Crippen LogP contribution >= 0.6 is 11.6 Å². The number of amides is 1. The molecule has 3 rings (SSSR count). The van der Waals surface area contributed by atoms with Crippen LogP contribution in [0.2, 0.25) is 5.02 Å². The molecule has 1 aliphatic heterocycles. The van der Waals surface area contributed by atoms with Crippen molar-refractivity contribution in [2.45, 2.75) is 4.90 Å². The van der Waals surface area contributed by atoms with Gasteiger partial charge in [0.15, 0.2) is 0 Å². The van der Waals surface area contributed by atoms with Crippen molar-refractivity contribution in [1.82, 2.24) is 9.21 Å². The summed E-state index contributed by atoms with van der Waals surface area (Å²) < 4.78 is 40.2. The van der Waals surface area contributed by atoms with E-state index >= 15 is 0 Å². The molecule has 0 aromatic heterocycles. The highest BCUT2D eigenvalue weighted by Crippen LogP contribution is 2.20. The van der Waals surface area contributed by atoms with E-state index in [1.54, 1.807) is 23.1 Å². The smallest absolute Gasteiger partial charge is 0.246 e.